The van der Waals surface area contributed by atoms with E-state index in [1.165, 1.54) is 0 Å². The van der Waals surface area contributed by atoms with E-state index < -0.39 is 0 Å². The normalized spacial score (nSPS) is 14.3. The van der Waals surface area contributed by atoms with E-state index in [2.05, 4.69) is 21.9 Å². The summed E-state index contributed by atoms with van der Waals surface area (Å²) >= 11 is 0. The molecule has 1 saturated heterocycles. The first-order chi connectivity index (χ1) is 14.3. The highest BCUT2D eigenvalue weighted by Crippen LogP contribution is 2.24. The zero-order valence-corrected chi connectivity index (χ0v) is 17.8. The van der Waals surface area contributed by atoms with Gasteiger partial charge in [-0.25, -0.2) is 0 Å². The lowest BCUT2D eigenvalue weighted by molar-refractivity contribution is 0.0512. The minimum absolute atomic E-state index is 0.0104. The molecule has 1 aliphatic heterocycles. The molecule has 0 spiro atoms. The van der Waals surface area contributed by atoms with Crippen LogP contribution in [-0.4, -0.2) is 57.5 Å². The number of rotatable bonds is 3. The van der Waals surface area contributed by atoms with E-state index in [0.717, 1.165) is 22.6 Å². The van der Waals surface area contributed by atoms with E-state index >= 15 is 0 Å². The molecule has 2 amide bonds. The third-order valence-corrected chi connectivity index (χ3v) is 5.59. The van der Waals surface area contributed by atoms with Crippen LogP contribution in [0.3, 0.4) is 0 Å². The number of aromatic nitrogens is 2. The number of aryl methyl sites for hydroxylation is 4. The van der Waals surface area contributed by atoms with Crippen LogP contribution in [0.1, 0.15) is 43.6 Å². The lowest BCUT2D eigenvalue weighted by Gasteiger charge is -2.34. The first-order valence-corrected chi connectivity index (χ1v) is 10.1. The van der Waals surface area contributed by atoms with Crippen molar-refractivity contribution in [3.8, 4) is 5.69 Å². The first-order valence-electron chi connectivity index (χ1n) is 10.1. The summed E-state index contributed by atoms with van der Waals surface area (Å²) in [6.45, 7) is 9.74. The third-order valence-electron chi connectivity index (χ3n) is 5.59. The largest absolute Gasteiger partial charge is 0.351 e. The maximum atomic E-state index is 13.4. The number of carbonyl (C=O) groups excluding carboxylic acids is 2. The average molecular weight is 406 g/mol. The Morgan fingerprint density at radius 3 is 2.00 bits per heavy atom. The van der Waals surface area contributed by atoms with Crippen LogP contribution < -0.4 is 0 Å². The second kappa shape index (κ2) is 7.82. The van der Waals surface area contributed by atoms with Crippen molar-refractivity contribution < 1.29 is 14.1 Å². The van der Waals surface area contributed by atoms with Crippen molar-refractivity contribution in [2.45, 2.75) is 27.7 Å². The standard InChI is InChI=1S/C23H26N4O3/c1-15-5-8-20(27-17(3)6-7-18(27)4)19(13-15)22(28)25-9-11-26(12-10-25)23(29)21-14-16(2)24-30-21/h5-8,13-14H,9-12H2,1-4H3. The summed E-state index contributed by atoms with van der Waals surface area (Å²) in [7, 11) is 0. The van der Waals surface area contributed by atoms with Gasteiger partial charge in [0.1, 0.15) is 0 Å². The van der Waals surface area contributed by atoms with Crippen molar-refractivity contribution in [2.75, 3.05) is 26.2 Å². The molecule has 2 aromatic heterocycles. The molecule has 4 rings (SSSR count). The van der Waals surface area contributed by atoms with Crippen LogP contribution >= 0.6 is 0 Å². The molecular formula is C23H26N4O3. The Morgan fingerprint density at radius 2 is 1.43 bits per heavy atom. The molecule has 3 aromatic rings. The zero-order valence-electron chi connectivity index (χ0n) is 17.8. The molecule has 1 aliphatic rings. The Morgan fingerprint density at radius 1 is 0.833 bits per heavy atom. The Kier molecular flexibility index (Phi) is 5.20. The van der Waals surface area contributed by atoms with E-state index in [-0.39, 0.29) is 17.6 Å². The Labute approximate surface area is 175 Å². The maximum absolute atomic E-state index is 13.4. The van der Waals surface area contributed by atoms with Crippen molar-refractivity contribution in [3.05, 3.63) is 70.4 Å². The maximum Gasteiger partial charge on any atom is 0.292 e. The van der Waals surface area contributed by atoms with Crippen LogP contribution in [0.15, 0.2) is 40.9 Å². The lowest BCUT2D eigenvalue weighted by atomic mass is 10.1. The summed E-state index contributed by atoms with van der Waals surface area (Å²) in [6.07, 6.45) is 0. The van der Waals surface area contributed by atoms with Gasteiger partial charge in [-0.2, -0.15) is 0 Å². The van der Waals surface area contributed by atoms with Gasteiger partial charge in [0, 0.05) is 43.6 Å². The summed E-state index contributed by atoms with van der Waals surface area (Å²) in [4.78, 5) is 29.5. The molecule has 0 radical (unpaired) electrons. The van der Waals surface area contributed by atoms with Crippen LogP contribution in [-0.2, 0) is 0 Å². The van der Waals surface area contributed by atoms with Crippen molar-refractivity contribution in [3.63, 3.8) is 0 Å². The lowest BCUT2D eigenvalue weighted by Crippen LogP contribution is -2.50. The van der Waals surface area contributed by atoms with Gasteiger partial charge < -0.3 is 18.9 Å². The highest BCUT2D eigenvalue weighted by Gasteiger charge is 2.28. The number of nitrogens with zero attached hydrogens (tertiary/aromatic N) is 4. The molecule has 0 bridgehead atoms. The molecule has 30 heavy (non-hydrogen) atoms. The van der Waals surface area contributed by atoms with Crippen LogP contribution in [0, 0.1) is 27.7 Å². The fourth-order valence-electron chi connectivity index (χ4n) is 3.97. The molecule has 3 heterocycles. The Bertz CT molecular complexity index is 1080. The molecule has 1 fully saturated rings. The molecule has 1 aromatic carbocycles. The van der Waals surface area contributed by atoms with Crippen molar-refractivity contribution in [2.24, 2.45) is 0 Å². The van der Waals surface area contributed by atoms with Crippen LogP contribution in [0.25, 0.3) is 5.69 Å². The monoisotopic (exact) mass is 406 g/mol. The third kappa shape index (κ3) is 3.63. The molecule has 7 heteroatoms. The van der Waals surface area contributed by atoms with Gasteiger partial charge in [0.25, 0.3) is 11.8 Å². The SMILES string of the molecule is Cc1ccc(-n2c(C)ccc2C)c(C(=O)N2CCN(C(=O)c3cc(C)no3)CC2)c1. The van der Waals surface area contributed by atoms with Gasteiger partial charge >= 0.3 is 0 Å². The molecule has 156 valence electrons. The molecule has 0 aliphatic carbocycles. The molecule has 7 nitrogen and oxygen atoms in total. The number of piperazine rings is 1. The number of benzene rings is 1. The van der Waals surface area contributed by atoms with Gasteiger partial charge in [-0.3, -0.25) is 9.59 Å². The topological polar surface area (TPSA) is 71.6 Å². The molecule has 0 saturated carbocycles. The summed E-state index contributed by atoms with van der Waals surface area (Å²) in [5, 5.41) is 3.78. The number of hydrogen-bond donors (Lipinski definition) is 0. The average Bonchev–Trinajstić information content (AvgIpc) is 3.32. The van der Waals surface area contributed by atoms with Crippen LogP contribution in [0.4, 0.5) is 0 Å². The van der Waals surface area contributed by atoms with Crippen molar-refractivity contribution in [1.29, 1.82) is 0 Å². The van der Waals surface area contributed by atoms with Crippen LogP contribution in [0.2, 0.25) is 0 Å². The van der Waals surface area contributed by atoms with Gasteiger partial charge in [0.15, 0.2) is 0 Å². The molecule has 0 unspecified atom stereocenters. The van der Waals surface area contributed by atoms with E-state index in [1.54, 1.807) is 17.9 Å². The van der Waals surface area contributed by atoms with E-state index in [1.807, 2.05) is 43.9 Å². The summed E-state index contributed by atoms with van der Waals surface area (Å²) in [6, 6.07) is 11.7. The van der Waals surface area contributed by atoms with E-state index in [0.29, 0.717) is 37.4 Å². The smallest absolute Gasteiger partial charge is 0.292 e. The van der Waals surface area contributed by atoms with Crippen molar-refractivity contribution in [1.82, 2.24) is 19.5 Å². The molecule has 0 atom stereocenters. The second-order valence-electron chi connectivity index (χ2n) is 7.89. The summed E-state index contributed by atoms with van der Waals surface area (Å²) < 4.78 is 7.20. The van der Waals surface area contributed by atoms with E-state index in [9.17, 15) is 9.59 Å². The molecule has 0 N–H and O–H groups in total. The summed E-state index contributed by atoms with van der Waals surface area (Å²) in [5.74, 6) is 0.0492. The second-order valence-corrected chi connectivity index (χ2v) is 7.89. The van der Waals surface area contributed by atoms with E-state index in [4.69, 9.17) is 4.52 Å². The predicted octanol–water partition coefficient (Wildman–Crippen LogP) is 3.30. The van der Waals surface area contributed by atoms with Gasteiger partial charge in [-0.1, -0.05) is 16.8 Å². The number of carbonyl (C=O) groups is 2. The minimum atomic E-state index is -0.183. The summed E-state index contributed by atoms with van der Waals surface area (Å²) in [5.41, 5.74) is 5.46. The zero-order chi connectivity index (χ0) is 21.4. The highest BCUT2D eigenvalue weighted by molar-refractivity contribution is 5.98. The number of amides is 2. The van der Waals surface area contributed by atoms with Crippen molar-refractivity contribution >= 4 is 11.8 Å². The van der Waals surface area contributed by atoms with Gasteiger partial charge in [0.2, 0.25) is 5.76 Å². The van der Waals surface area contributed by atoms with Gasteiger partial charge in [0.05, 0.1) is 16.9 Å². The molecular weight excluding hydrogens is 380 g/mol. The fraction of sp³-hybridized carbons (Fsp3) is 0.348. The predicted molar refractivity (Wildman–Crippen MR) is 113 cm³/mol. The quantitative estimate of drug-likeness (QED) is 0.669. The minimum Gasteiger partial charge on any atom is -0.351 e. The van der Waals surface area contributed by atoms with Gasteiger partial charge in [-0.05, 0) is 52.0 Å². The number of hydrogen-bond acceptors (Lipinski definition) is 4. The Balaban J connectivity index is 1.54. The Hall–Kier alpha value is -3.35. The highest BCUT2D eigenvalue weighted by atomic mass is 16.5. The van der Waals surface area contributed by atoms with Crippen LogP contribution in [0.5, 0.6) is 0 Å². The first kappa shape index (κ1) is 19.9. The fourth-order valence-corrected chi connectivity index (χ4v) is 3.97. The van der Waals surface area contributed by atoms with Gasteiger partial charge in [-0.15, -0.1) is 0 Å².